The molecule has 1 heterocycles. The van der Waals surface area contributed by atoms with E-state index in [1.165, 1.54) is 11.3 Å². The van der Waals surface area contributed by atoms with Gasteiger partial charge in [0.15, 0.2) is 5.13 Å². The second-order valence-corrected chi connectivity index (χ2v) is 6.05. The van der Waals surface area contributed by atoms with Crippen LogP contribution in [0.3, 0.4) is 0 Å². The van der Waals surface area contributed by atoms with E-state index in [-0.39, 0.29) is 5.91 Å². The molecule has 0 aliphatic heterocycles. The van der Waals surface area contributed by atoms with Crippen LogP contribution in [0.4, 0.5) is 9.93 Å². The van der Waals surface area contributed by atoms with Gasteiger partial charge in [-0.15, -0.1) is 0 Å². The van der Waals surface area contributed by atoms with Crippen LogP contribution in [-0.2, 0) is 4.79 Å². The zero-order valence-corrected chi connectivity index (χ0v) is 13.9. The number of nitrogens with zero attached hydrogens (tertiary/aromatic N) is 1. The summed E-state index contributed by atoms with van der Waals surface area (Å²) in [5.41, 5.74) is 5.83. The topological polar surface area (TPSA) is 106 Å². The average Bonchev–Trinajstić information content (AvgIpc) is 2.93. The summed E-state index contributed by atoms with van der Waals surface area (Å²) in [4.78, 5) is 27.8. The zero-order valence-electron chi connectivity index (χ0n) is 13.1. The van der Waals surface area contributed by atoms with Crippen molar-refractivity contribution >= 4 is 38.6 Å². The van der Waals surface area contributed by atoms with Gasteiger partial charge in [-0.1, -0.05) is 37.2 Å². The molecule has 1 aromatic heterocycles. The highest BCUT2D eigenvalue weighted by molar-refractivity contribution is 7.22. The summed E-state index contributed by atoms with van der Waals surface area (Å²) in [6, 6.07) is 4.20. The fourth-order valence-corrected chi connectivity index (χ4v) is 3.07. The second kappa shape index (κ2) is 7.77. The molecule has 8 heteroatoms. The number of hydrogen-bond donors (Lipinski definition) is 3. The number of fused-ring (bicyclic) bond motifs is 1. The Hall–Kier alpha value is -2.35. The molecule has 23 heavy (non-hydrogen) atoms. The molecule has 2 rings (SSSR count). The molecular formula is C15H20N4O3S. The number of unbranched alkanes of at least 4 members (excludes halogenated alkanes) is 1. The molecule has 0 spiro atoms. The van der Waals surface area contributed by atoms with E-state index in [1.54, 1.807) is 7.11 Å². The lowest BCUT2D eigenvalue weighted by Gasteiger charge is -2.15. The molecule has 1 aromatic carbocycles. The Kier molecular flexibility index (Phi) is 5.75. The highest BCUT2D eigenvalue weighted by Crippen LogP contribution is 2.32. The van der Waals surface area contributed by atoms with E-state index in [9.17, 15) is 9.59 Å². The van der Waals surface area contributed by atoms with Crippen LogP contribution >= 0.6 is 11.3 Å². The zero-order chi connectivity index (χ0) is 16.8. The predicted octanol–water partition coefficient (Wildman–Crippen LogP) is 2.47. The summed E-state index contributed by atoms with van der Waals surface area (Å²) in [7, 11) is 1.57. The maximum Gasteiger partial charge on any atom is 0.312 e. The Morgan fingerprint density at radius 2 is 2.22 bits per heavy atom. The number of anilines is 1. The lowest BCUT2D eigenvalue weighted by molar-refractivity contribution is -0.118. The Morgan fingerprint density at radius 3 is 2.87 bits per heavy atom. The van der Waals surface area contributed by atoms with Crippen LogP contribution in [-0.4, -0.2) is 30.1 Å². The van der Waals surface area contributed by atoms with Gasteiger partial charge in [-0.3, -0.25) is 4.79 Å². The van der Waals surface area contributed by atoms with E-state index in [1.807, 2.05) is 25.1 Å². The second-order valence-electron chi connectivity index (χ2n) is 5.02. The maximum atomic E-state index is 12.3. The summed E-state index contributed by atoms with van der Waals surface area (Å²) in [5, 5.41) is 5.67. The minimum atomic E-state index is -0.716. The number of amides is 3. The van der Waals surface area contributed by atoms with Crippen molar-refractivity contribution in [2.24, 2.45) is 5.73 Å². The third-order valence-electron chi connectivity index (χ3n) is 3.31. The highest BCUT2D eigenvalue weighted by Gasteiger charge is 2.21. The van der Waals surface area contributed by atoms with E-state index in [2.05, 4.69) is 15.6 Å². The summed E-state index contributed by atoms with van der Waals surface area (Å²) in [6.45, 7) is 2.01. The first-order valence-electron chi connectivity index (χ1n) is 7.35. The van der Waals surface area contributed by atoms with Crippen LogP contribution in [0.1, 0.15) is 26.2 Å². The molecule has 0 bridgehead atoms. The molecule has 1 atom stereocenters. The van der Waals surface area contributed by atoms with Crippen molar-refractivity contribution < 1.29 is 14.3 Å². The molecule has 7 nitrogen and oxygen atoms in total. The Bertz CT molecular complexity index is 701. The molecule has 0 aliphatic carbocycles. The van der Waals surface area contributed by atoms with Gasteiger partial charge in [0, 0.05) is 0 Å². The molecule has 0 fully saturated rings. The van der Waals surface area contributed by atoms with Crippen molar-refractivity contribution in [2.45, 2.75) is 32.2 Å². The molecule has 3 amide bonds. The molecular weight excluding hydrogens is 316 g/mol. The third kappa shape index (κ3) is 4.32. The summed E-state index contributed by atoms with van der Waals surface area (Å²) < 4.78 is 6.17. The Balaban J connectivity index is 2.15. The van der Waals surface area contributed by atoms with Gasteiger partial charge in [-0.25, -0.2) is 9.78 Å². The first-order chi connectivity index (χ1) is 11.0. The maximum absolute atomic E-state index is 12.3. The van der Waals surface area contributed by atoms with Crippen molar-refractivity contribution in [2.75, 3.05) is 12.4 Å². The van der Waals surface area contributed by atoms with Gasteiger partial charge in [0.25, 0.3) is 0 Å². The van der Waals surface area contributed by atoms with Crippen LogP contribution < -0.4 is 21.1 Å². The number of carbonyl (C=O) groups excluding carboxylic acids is 2. The number of nitrogens with one attached hydrogen (secondary N) is 2. The molecule has 124 valence electrons. The number of nitrogens with two attached hydrogens (primary N) is 1. The lowest BCUT2D eigenvalue weighted by Crippen LogP contribution is -2.46. The van der Waals surface area contributed by atoms with Gasteiger partial charge < -0.3 is 21.1 Å². The molecule has 0 saturated heterocycles. The van der Waals surface area contributed by atoms with Gasteiger partial charge in [-0.05, 0) is 18.6 Å². The van der Waals surface area contributed by atoms with Crippen molar-refractivity contribution in [3.05, 3.63) is 18.2 Å². The monoisotopic (exact) mass is 336 g/mol. The van der Waals surface area contributed by atoms with Gasteiger partial charge >= 0.3 is 6.03 Å². The first kappa shape index (κ1) is 17.0. The fraction of sp³-hybridized carbons (Fsp3) is 0.400. The van der Waals surface area contributed by atoms with Crippen LogP contribution in [0.5, 0.6) is 5.75 Å². The highest BCUT2D eigenvalue weighted by atomic mass is 32.1. The number of primary amides is 1. The Labute approximate surface area is 138 Å². The van der Waals surface area contributed by atoms with Crippen LogP contribution in [0.2, 0.25) is 0 Å². The van der Waals surface area contributed by atoms with Crippen LogP contribution in [0.25, 0.3) is 10.2 Å². The number of urea groups is 1. The average molecular weight is 336 g/mol. The molecule has 1 unspecified atom stereocenters. The number of methoxy groups -OCH3 is 1. The summed E-state index contributed by atoms with van der Waals surface area (Å²) in [5.74, 6) is 0.326. The SMILES string of the molecule is CCCCC(NC(N)=O)C(=O)Nc1nc2c(OC)cccc2s1. The number of thiazole rings is 1. The van der Waals surface area contributed by atoms with E-state index in [0.29, 0.717) is 22.8 Å². The van der Waals surface area contributed by atoms with Gasteiger partial charge in [-0.2, -0.15) is 0 Å². The number of aromatic nitrogens is 1. The summed E-state index contributed by atoms with van der Waals surface area (Å²) >= 11 is 1.35. The largest absolute Gasteiger partial charge is 0.494 e. The normalized spacial score (nSPS) is 11.9. The van der Waals surface area contributed by atoms with E-state index in [0.717, 1.165) is 17.5 Å². The van der Waals surface area contributed by atoms with Gasteiger partial charge in [0.1, 0.15) is 17.3 Å². The molecule has 2 aromatic rings. The van der Waals surface area contributed by atoms with Crippen molar-refractivity contribution in [1.29, 1.82) is 0 Å². The molecule has 0 saturated carbocycles. The summed E-state index contributed by atoms with van der Waals surface area (Å²) in [6.07, 6.45) is 2.26. The fourth-order valence-electron chi connectivity index (χ4n) is 2.18. The van der Waals surface area contributed by atoms with E-state index >= 15 is 0 Å². The molecule has 0 radical (unpaired) electrons. The van der Waals surface area contributed by atoms with Crippen molar-refractivity contribution in [3.8, 4) is 5.75 Å². The number of para-hydroxylation sites is 1. The lowest BCUT2D eigenvalue weighted by atomic mass is 10.1. The van der Waals surface area contributed by atoms with Crippen LogP contribution in [0.15, 0.2) is 18.2 Å². The van der Waals surface area contributed by atoms with Crippen molar-refractivity contribution in [3.63, 3.8) is 0 Å². The number of ether oxygens (including phenoxy) is 1. The number of hydrogen-bond acceptors (Lipinski definition) is 5. The quantitative estimate of drug-likeness (QED) is 0.722. The van der Waals surface area contributed by atoms with Crippen LogP contribution in [0, 0.1) is 0 Å². The van der Waals surface area contributed by atoms with Gasteiger partial charge in [0.05, 0.1) is 11.8 Å². The van der Waals surface area contributed by atoms with Crippen molar-refractivity contribution in [1.82, 2.24) is 10.3 Å². The Morgan fingerprint density at radius 1 is 1.43 bits per heavy atom. The standard InChI is InChI=1S/C15H20N4O3S/c1-3-4-6-9(17-14(16)21)13(20)19-15-18-12-10(22-2)7-5-8-11(12)23-15/h5,7-9H,3-4,6H2,1-2H3,(H3,16,17,21)(H,18,19,20). The minimum Gasteiger partial charge on any atom is -0.494 e. The van der Waals surface area contributed by atoms with Gasteiger partial charge in [0.2, 0.25) is 5.91 Å². The van der Waals surface area contributed by atoms with E-state index < -0.39 is 12.1 Å². The number of benzene rings is 1. The number of carbonyl (C=O) groups is 2. The minimum absolute atomic E-state index is 0.324. The first-order valence-corrected chi connectivity index (χ1v) is 8.17. The smallest absolute Gasteiger partial charge is 0.312 e. The third-order valence-corrected chi connectivity index (χ3v) is 4.25. The number of rotatable bonds is 7. The molecule has 0 aliphatic rings. The predicted molar refractivity (Wildman–Crippen MR) is 90.8 cm³/mol. The van der Waals surface area contributed by atoms with E-state index in [4.69, 9.17) is 10.5 Å². The molecule has 4 N–H and O–H groups in total.